The van der Waals surface area contributed by atoms with E-state index in [1.165, 1.54) is 29.8 Å². The van der Waals surface area contributed by atoms with Crippen molar-refractivity contribution in [2.24, 2.45) is 0 Å². The molecule has 31 heavy (non-hydrogen) atoms. The molecule has 4 rings (SSSR count). The Labute approximate surface area is 185 Å². The SMILES string of the molecule is COc1ccccc1N1CC[NH+]([C@@H](C)C(=O)Nc2ccc(N3CCCCC3)cc2)CC1. The van der Waals surface area contributed by atoms with E-state index in [-0.39, 0.29) is 11.9 Å². The topological polar surface area (TPSA) is 49.3 Å². The standard InChI is InChI=1S/C25H34N4O2/c1-20(27-16-18-29(19-17-27)23-8-4-5-9-24(23)31-2)25(30)26-21-10-12-22(13-11-21)28-14-6-3-7-15-28/h4-5,8-13,20H,3,6-7,14-19H2,1-2H3,(H,26,30)/p+1/t20-/m0/s1. The van der Waals surface area contributed by atoms with E-state index in [2.05, 4.69) is 33.3 Å². The van der Waals surface area contributed by atoms with Gasteiger partial charge in [-0.2, -0.15) is 0 Å². The van der Waals surface area contributed by atoms with Gasteiger partial charge in [-0.3, -0.25) is 4.79 Å². The molecular weight excluding hydrogens is 388 g/mol. The van der Waals surface area contributed by atoms with Crippen LogP contribution < -0.4 is 24.8 Å². The first-order chi connectivity index (χ1) is 15.2. The molecule has 0 unspecified atom stereocenters. The van der Waals surface area contributed by atoms with Gasteiger partial charge in [-0.25, -0.2) is 0 Å². The lowest BCUT2D eigenvalue weighted by molar-refractivity contribution is -0.914. The molecule has 0 aliphatic carbocycles. The third-order valence-electron chi connectivity index (χ3n) is 6.69. The molecule has 0 saturated carbocycles. The molecule has 1 amide bonds. The van der Waals surface area contributed by atoms with Gasteiger partial charge in [0.1, 0.15) is 5.75 Å². The summed E-state index contributed by atoms with van der Waals surface area (Å²) in [7, 11) is 1.71. The molecule has 2 heterocycles. The molecule has 2 N–H and O–H groups in total. The normalized spacial score (nSPS) is 18.5. The van der Waals surface area contributed by atoms with Gasteiger partial charge in [0.25, 0.3) is 5.91 Å². The van der Waals surface area contributed by atoms with Crippen LogP contribution in [0, 0.1) is 0 Å². The van der Waals surface area contributed by atoms with Crippen LogP contribution in [-0.2, 0) is 4.79 Å². The fourth-order valence-electron chi connectivity index (χ4n) is 4.70. The number of hydrogen-bond acceptors (Lipinski definition) is 4. The molecule has 2 aliphatic heterocycles. The van der Waals surface area contributed by atoms with Crippen LogP contribution in [0.5, 0.6) is 5.75 Å². The van der Waals surface area contributed by atoms with Crippen LogP contribution in [0.3, 0.4) is 0 Å². The first kappa shape index (κ1) is 21.5. The number of para-hydroxylation sites is 2. The number of benzene rings is 2. The maximum Gasteiger partial charge on any atom is 0.282 e. The summed E-state index contributed by atoms with van der Waals surface area (Å²) in [4.78, 5) is 19.0. The number of methoxy groups -OCH3 is 1. The van der Waals surface area contributed by atoms with Crippen LogP contribution in [0.1, 0.15) is 26.2 Å². The van der Waals surface area contributed by atoms with Crippen molar-refractivity contribution in [3.63, 3.8) is 0 Å². The van der Waals surface area contributed by atoms with Crippen LogP contribution in [0.2, 0.25) is 0 Å². The Kier molecular flexibility index (Phi) is 6.97. The number of amides is 1. The van der Waals surface area contributed by atoms with Crippen molar-refractivity contribution in [3.05, 3.63) is 48.5 Å². The average Bonchev–Trinajstić information content (AvgIpc) is 2.84. The second-order valence-corrected chi connectivity index (χ2v) is 8.62. The molecule has 0 aromatic heterocycles. The summed E-state index contributed by atoms with van der Waals surface area (Å²) < 4.78 is 5.51. The summed E-state index contributed by atoms with van der Waals surface area (Å²) in [5.74, 6) is 0.996. The molecule has 2 aromatic carbocycles. The molecule has 0 radical (unpaired) electrons. The van der Waals surface area contributed by atoms with Crippen molar-refractivity contribution in [2.75, 3.05) is 61.5 Å². The van der Waals surface area contributed by atoms with E-state index in [4.69, 9.17) is 4.74 Å². The molecule has 0 bridgehead atoms. The average molecular weight is 424 g/mol. The zero-order valence-electron chi connectivity index (χ0n) is 18.8. The predicted octanol–water partition coefficient (Wildman–Crippen LogP) is 2.42. The highest BCUT2D eigenvalue weighted by Gasteiger charge is 2.30. The van der Waals surface area contributed by atoms with Gasteiger partial charge in [0.15, 0.2) is 6.04 Å². The number of anilines is 3. The minimum atomic E-state index is -0.0819. The fraction of sp³-hybridized carbons (Fsp3) is 0.480. The van der Waals surface area contributed by atoms with Crippen molar-refractivity contribution in [2.45, 2.75) is 32.2 Å². The Morgan fingerprint density at radius 3 is 2.29 bits per heavy atom. The molecule has 2 fully saturated rings. The third-order valence-corrected chi connectivity index (χ3v) is 6.69. The zero-order valence-corrected chi connectivity index (χ0v) is 18.8. The van der Waals surface area contributed by atoms with E-state index in [1.807, 2.05) is 37.3 Å². The van der Waals surface area contributed by atoms with Gasteiger partial charge in [-0.05, 0) is 62.6 Å². The number of quaternary nitrogens is 1. The summed E-state index contributed by atoms with van der Waals surface area (Å²) in [5, 5.41) is 3.12. The number of nitrogens with zero attached hydrogens (tertiary/aromatic N) is 2. The summed E-state index contributed by atoms with van der Waals surface area (Å²) in [6.45, 7) is 7.99. The molecular formula is C25H35N4O2+. The number of hydrogen-bond donors (Lipinski definition) is 2. The Balaban J connectivity index is 1.29. The van der Waals surface area contributed by atoms with Crippen LogP contribution >= 0.6 is 0 Å². The maximum absolute atomic E-state index is 12.9. The van der Waals surface area contributed by atoms with Crippen LogP contribution in [0.15, 0.2) is 48.5 Å². The lowest BCUT2D eigenvalue weighted by Gasteiger charge is -2.36. The van der Waals surface area contributed by atoms with E-state index in [0.29, 0.717) is 0 Å². The first-order valence-electron chi connectivity index (χ1n) is 11.5. The van der Waals surface area contributed by atoms with Gasteiger partial charge in [0.2, 0.25) is 0 Å². The highest BCUT2D eigenvalue weighted by molar-refractivity contribution is 5.93. The van der Waals surface area contributed by atoms with Gasteiger partial charge < -0.3 is 24.8 Å². The number of nitrogens with one attached hydrogen (secondary N) is 2. The molecule has 0 spiro atoms. The highest BCUT2D eigenvalue weighted by Crippen LogP contribution is 2.27. The third kappa shape index (κ3) is 5.13. The van der Waals surface area contributed by atoms with E-state index >= 15 is 0 Å². The zero-order chi connectivity index (χ0) is 21.6. The second kappa shape index (κ2) is 10.1. The minimum Gasteiger partial charge on any atom is -0.495 e. The van der Waals surface area contributed by atoms with Crippen LogP contribution in [0.4, 0.5) is 17.1 Å². The Hall–Kier alpha value is -2.73. The molecule has 2 aromatic rings. The summed E-state index contributed by atoms with van der Waals surface area (Å²) in [6.07, 6.45) is 3.87. The summed E-state index contributed by atoms with van der Waals surface area (Å²) >= 11 is 0. The minimum absolute atomic E-state index is 0.0819. The summed E-state index contributed by atoms with van der Waals surface area (Å²) in [5.41, 5.74) is 3.27. The predicted molar refractivity (Wildman–Crippen MR) is 127 cm³/mol. The van der Waals surface area contributed by atoms with Crippen LogP contribution in [0.25, 0.3) is 0 Å². The smallest absolute Gasteiger partial charge is 0.282 e. The fourth-order valence-corrected chi connectivity index (χ4v) is 4.70. The van der Waals surface area contributed by atoms with E-state index in [0.717, 1.165) is 56.4 Å². The van der Waals surface area contributed by atoms with Gasteiger partial charge >= 0.3 is 0 Å². The number of piperazine rings is 1. The highest BCUT2D eigenvalue weighted by atomic mass is 16.5. The molecule has 1 atom stereocenters. The number of rotatable bonds is 6. The lowest BCUT2D eigenvalue weighted by Crippen LogP contribution is -3.19. The number of piperidine rings is 1. The molecule has 6 heteroatoms. The number of carbonyl (C=O) groups excluding carboxylic acids is 1. The number of carbonyl (C=O) groups is 1. The largest absolute Gasteiger partial charge is 0.495 e. The first-order valence-corrected chi connectivity index (χ1v) is 11.5. The Morgan fingerprint density at radius 2 is 1.61 bits per heavy atom. The number of ether oxygens (including phenoxy) is 1. The lowest BCUT2D eigenvalue weighted by atomic mass is 10.1. The van der Waals surface area contributed by atoms with Crippen molar-refractivity contribution in [1.82, 2.24) is 0 Å². The van der Waals surface area contributed by atoms with Crippen molar-refractivity contribution >= 4 is 23.0 Å². The Bertz CT molecular complexity index is 856. The van der Waals surface area contributed by atoms with Gasteiger partial charge in [0.05, 0.1) is 39.0 Å². The second-order valence-electron chi connectivity index (χ2n) is 8.62. The Morgan fingerprint density at radius 1 is 0.935 bits per heavy atom. The molecule has 166 valence electrons. The van der Waals surface area contributed by atoms with Gasteiger partial charge in [-0.1, -0.05) is 12.1 Å². The summed E-state index contributed by atoms with van der Waals surface area (Å²) in [6, 6.07) is 16.4. The van der Waals surface area contributed by atoms with Crippen LogP contribution in [-0.4, -0.2) is 58.3 Å². The van der Waals surface area contributed by atoms with Crippen molar-refractivity contribution in [1.29, 1.82) is 0 Å². The van der Waals surface area contributed by atoms with E-state index in [1.54, 1.807) is 7.11 Å². The van der Waals surface area contributed by atoms with E-state index < -0.39 is 0 Å². The van der Waals surface area contributed by atoms with Crippen molar-refractivity contribution < 1.29 is 14.4 Å². The van der Waals surface area contributed by atoms with Gasteiger partial charge in [0, 0.05) is 24.5 Å². The van der Waals surface area contributed by atoms with Gasteiger partial charge in [-0.15, -0.1) is 0 Å². The molecule has 2 aliphatic rings. The quantitative estimate of drug-likeness (QED) is 0.749. The molecule has 6 nitrogen and oxygen atoms in total. The van der Waals surface area contributed by atoms with E-state index in [9.17, 15) is 4.79 Å². The molecule has 2 saturated heterocycles. The van der Waals surface area contributed by atoms with Crippen molar-refractivity contribution in [3.8, 4) is 5.75 Å². The maximum atomic E-state index is 12.9. The monoisotopic (exact) mass is 423 g/mol.